The average Bonchev–Trinajstić information content (AvgIpc) is 3.17. The van der Waals surface area contributed by atoms with Gasteiger partial charge in [0.2, 0.25) is 0 Å². The first kappa shape index (κ1) is 20.5. The van der Waals surface area contributed by atoms with Gasteiger partial charge in [0.1, 0.15) is 17.3 Å². The van der Waals surface area contributed by atoms with E-state index in [0.29, 0.717) is 27.3 Å². The van der Waals surface area contributed by atoms with E-state index in [1.165, 1.54) is 11.3 Å². The Balaban J connectivity index is 1.78. The normalized spacial score (nSPS) is 10.8. The molecule has 0 atom stereocenters. The second-order valence-electron chi connectivity index (χ2n) is 6.75. The lowest BCUT2D eigenvalue weighted by Gasteiger charge is -2.07. The molecule has 6 heteroatoms. The number of halogens is 1. The summed E-state index contributed by atoms with van der Waals surface area (Å²) in [5, 5.41) is 1.69. The van der Waals surface area contributed by atoms with E-state index in [1.54, 1.807) is 36.4 Å². The lowest BCUT2D eigenvalue weighted by molar-refractivity contribution is -0.129. The molecule has 0 aliphatic heterocycles. The van der Waals surface area contributed by atoms with Gasteiger partial charge in [0.25, 0.3) is 0 Å². The number of rotatable bonds is 5. The summed E-state index contributed by atoms with van der Waals surface area (Å²) in [6, 6.07) is 13.8. The van der Waals surface area contributed by atoms with Crippen molar-refractivity contribution in [1.29, 1.82) is 0 Å². The zero-order valence-corrected chi connectivity index (χ0v) is 17.4. The second-order valence-corrected chi connectivity index (χ2v) is 7.77. The van der Waals surface area contributed by atoms with Crippen LogP contribution in [0.4, 0.5) is 4.39 Å². The fourth-order valence-corrected chi connectivity index (χ4v) is 4.56. The molecule has 0 aliphatic rings. The number of carbonyl (C=O) groups excluding carboxylic acids is 2. The van der Waals surface area contributed by atoms with Crippen molar-refractivity contribution in [3.05, 3.63) is 85.2 Å². The summed E-state index contributed by atoms with van der Waals surface area (Å²) in [5.74, 6) is -0.652. The monoisotopic (exact) mass is 432 g/mol. The van der Waals surface area contributed by atoms with Crippen molar-refractivity contribution in [3.63, 3.8) is 0 Å². The number of esters is 2. The van der Waals surface area contributed by atoms with E-state index in [4.69, 9.17) is 9.47 Å². The summed E-state index contributed by atoms with van der Waals surface area (Å²) in [6.07, 6.45) is 2.18. The van der Waals surface area contributed by atoms with Crippen LogP contribution < -0.4 is 9.47 Å². The number of aryl methyl sites for hydroxylation is 1. The van der Waals surface area contributed by atoms with E-state index in [-0.39, 0.29) is 5.82 Å². The lowest BCUT2D eigenvalue weighted by atomic mass is 10.0. The Hall–Kier alpha value is -3.77. The maximum Gasteiger partial charge on any atom is 0.335 e. The first-order chi connectivity index (χ1) is 14.9. The van der Waals surface area contributed by atoms with Gasteiger partial charge in [0, 0.05) is 38.8 Å². The first-order valence-corrected chi connectivity index (χ1v) is 10.2. The highest BCUT2D eigenvalue weighted by Gasteiger charge is 2.17. The minimum absolute atomic E-state index is 0.335. The molecule has 1 aromatic heterocycles. The number of hydrogen-bond donors (Lipinski definition) is 0. The molecule has 31 heavy (non-hydrogen) atoms. The van der Waals surface area contributed by atoms with Gasteiger partial charge in [-0.3, -0.25) is 0 Å². The third-order valence-electron chi connectivity index (χ3n) is 4.88. The van der Waals surface area contributed by atoms with Gasteiger partial charge in [-0.25, -0.2) is 14.0 Å². The van der Waals surface area contributed by atoms with Gasteiger partial charge in [-0.2, -0.15) is 0 Å². The second kappa shape index (κ2) is 8.16. The van der Waals surface area contributed by atoms with E-state index in [9.17, 15) is 9.59 Å². The van der Waals surface area contributed by atoms with E-state index >= 15 is 4.39 Å². The smallest absolute Gasteiger partial charge is 0.335 e. The van der Waals surface area contributed by atoms with Crippen molar-refractivity contribution in [3.8, 4) is 22.6 Å². The molecule has 0 spiro atoms. The maximum atomic E-state index is 15.5. The molecule has 0 fully saturated rings. The van der Waals surface area contributed by atoms with Crippen molar-refractivity contribution >= 4 is 43.4 Å². The zero-order valence-electron chi connectivity index (χ0n) is 16.6. The Kier molecular flexibility index (Phi) is 5.40. The van der Waals surface area contributed by atoms with Crippen molar-refractivity contribution in [2.75, 3.05) is 0 Å². The number of carbonyl (C=O) groups is 2. The Morgan fingerprint density at radius 2 is 1.48 bits per heavy atom. The molecule has 0 unspecified atom stereocenters. The molecule has 3 aromatic carbocycles. The molecule has 4 aromatic rings. The highest BCUT2D eigenvalue weighted by Crippen LogP contribution is 2.42. The quantitative estimate of drug-likeness (QED) is 0.209. The SMILES string of the molecule is C=CC(=O)Oc1ccc(-c2ccc3c(sc4c(C)c(OC(=O)C=C)ccc43)c2F)cc1. The number of hydrogen-bond acceptors (Lipinski definition) is 5. The van der Waals surface area contributed by atoms with Crippen LogP contribution in [0.5, 0.6) is 11.5 Å². The van der Waals surface area contributed by atoms with E-state index in [1.807, 2.05) is 19.1 Å². The largest absolute Gasteiger partial charge is 0.423 e. The highest BCUT2D eigenvalue weighted by atomic mass is 32.1. The maximum absolute atomic E-state index is 15.5. The summed E-state index contributed by atoms with van der Waals surface area (Å²) in [4.78, 5) is 22.9. The molecule has 0 N–H and O–H groups in total. The minimum Gasteiger partial charge on any atom is -0.423 e. The van der Waals surface area contributed by atoms with E-state index in [0.717, 1.165) is 33.2 Å². The van der Waals surface area contributed by atoms with Crippen LogP contribution in [0.1, 0.15) is 5.56 Å². The van der Waals surface area contributed by atoms with Crippen molar-refractivity contribution in [2.24, 2.45) is 0 Å². The third-order valence-corrected chi connectivity index (χ3v) is 6.21. The predicted molar refractivity (Wildman–Crippen MR) is 121 cm³/mol. The summed E-state index contributed by atoms with van der Waals surface area (Å²) < 4.78 is 27.2. The van der Waals surface area contributed by atoms with Gasteiger partial charge in [0.05, 0.1) is 4.70 Å². The number of fused-ring (bicyclic) bond motifs is 3. The van der Waals surface area contributed by atoms with Crippen LogP contribution >= 0.6 is 11.3 Å². The van der Waals surface area contributed by atoms with Gasteiger partial charge in [-0.1, -0.05) is 37.4 Å². The molecule has 0 aliphatic carbocycles. The van der Waals surface area contributed by atoms with Crippen LogP contribution in [0.25, 0.3) is 31.3 Å². The van der Waals surface area contributed by atoms with Crippen LogP contribution in [-0.4, -0.2) is 11.9 Å². The highest BCUT2D eigenvalue weighted by molar-refractivity contribution is 7.26. The van der Waals surface area contributed by atoms with Crippen LogP contribution in [0.2, 0.25) is 0 Å². The van der Waals surface area contributed by atoms with Gasteiger partial charge >= 0.3 is 11.9 Å². The van der Waals surface area contributed by atoms with E-state index in [2.05, 4.69) is 13.2 Å². The van der Waals surface area contributed by atoms with Crippen LogP contribution in [0, 0.1) is 12.7 Å². The fraction of sp³-hybridized carbons (Fsp3) is 0.0400. The van der Waals surface area contributed by atoms with Crippen molar-refractivity contribution < 1.29 is 23.5 Å². The predicted octanol–water partition coefficient (Wildman–Crippen LogP) is 6.35. The number of benzene rings is 3. The molecule has 4 nitrogen and oxygen atoms in total. The molecule has 0 bridgehead atoms. The van der Waals surface area contributed by atoms with Gasteiger partial charge < -0.3 is 9.47 Å². The summed E-state index contributed by atoms with van der Waals surface area (Å²) in [7, 11) is 0. The van der Waals surface area contributed by atoms with Crippen molar-refractivity contribution in [1.82, 2.24) is 0 Å². The Bertz CT molecular complexity index is 1370. The molecule has 0 saturated carbocycles. The molecule has 1 heterocycles. The van der Waals surface area contributed by atoms with Gasteiger partial charge in [-0.05, 0) is 36.8 Å². The molecule has 154 valence electrons. The first-order valence-electron chi connectivity index (χ1n) is 9.36. The Labute approximate surface area is 181 Å². The summed E-state index contributed by atoms with van der Waals surface area (Å²) in [5.41, 5.74) is 1.87. The van der Waals surface area contributed by atoms with Crippen LogP contribution in [-0.2, 0) is 9.59 Å². The van der Waals surface area contributed by atoms with Gasteiger partial charge in [0.15, 0.2) is 0 Å². The topological polar surface area (TPSA) is 52.6 Å². The zero-order chi connectivity index (χ0) is 22.1. The Morgan fingerprint density at radius 1 is 0.871 bits per heavy atom. The molecular weight excluding hydrogens is 415 g/mol. The number of thiophene rings is 1. The van der Waals surface area contributed by atoms with Crippen molar-refractivity contribution in [2.45, 2.75) is 6.92 Å². The molecule has 0 radical (unpaired) electrons. The Morgan fingerprint density at radius 3 is 2.16 bits per heavy atom. The van der Waals surface area contributed by atoms with Crippen LogP contribution in [0.15, 0.2) is 73.8 Å². The molecular formula is C25H17FO4S. The minimum atomic E-state index is -0.556. The standard InChI is InChI=1S/C25H17FO4S/c1-4-21(27)29-16-8-6-15(7-9-16)17-10-11-19-18-12-13-20(30-22(28)5-2)14(3)24(18)31-25(19)23(17)26/h4-13H,1-2H2,3H3. The molecule has 0 saturated heterocycles. The molecule has 0 amide bonds. The van der Waals surface area contributed by atoms with E-state index < -0.39 is 11.9 Å². The molecule has 4 rings (SSSR count). The third kappa shape index (κ3) is 3.73. The summed E-state index contributed by atoms with van der Waals surface area (Å²) >= 11 is 1.31. The summed E-state index contributed by atoms with van der Waals surface area (Å²) in [6.45, 7) is 8.60. The lowest BCUT2D eigenvalue weighted by Crippen LogP contribution is -2.04. The average molecular weight is 432 g/mol. The number of ether oxygens (including phenoxy) is 2. The fourth-order valence-electron chi connectivity index (χ4n) is 3.33. The van der Waals surface area contributed by atoms with Crippen LogP contribution in [0.3, 0.4) is 0 Å². The van der Waals surface area contributed by atoms with Gasteiger partial charge in [-0.15, -0.1) is 11.3 Å².